The summed E-state index contributed by atoms with van der Waals surface area (Å²) in [7, 11) is 0. The first kappa shape index (κ1) is 14.4. The van der Waals surface area contributed by atoms with E-state index in [-0.39, 0.29) is 5.82 Å². The van der Waals surface area contributed by atoms with Gasteiger partial charge in [0.15, 0.2) is 0 Å². The molecule has 3 rings (SSSR count). The van der Waals surface area contributed by atoms with E-state index < -0.39 is 6.10 Å². The predicted molar refractivity (Wildman–Crippen MR) is 82.5 cm³/mol. The van der Waals surface area contributed by atoms with Crippen molar-refractivity contribution in [2.45, 2.75) is 12.5 Å². The molecule has 0 saturated heterocycles. The van der Waals surface area contributed by atoms with Crippen LogP contribution in [0.3, 0.4) is 0 Å². The molecule has 0 amide bonds. The van der Waals surface area contributed by atoms with E-state index in [9.17, 15) is 9.50 Å². The van der Waals surface area contributed by atoms with Crippen LogP contribution in [0.5, 0.6) is 0 Å². The Morgan fingerprint density at radius 2 is 1.59 bits per heavy atom. The summed E-state index contributed by atoms with van der Waals surface area (Å²) in [5.74, 6) is -0.263. The Labute approximate surface area is 128 Å². The molecule has 1 aromatic carbocycles. The number of aliphatic hydroxyl groups excluding tert-OH is 1. The van der Waals surface area contributed by atoms with Crippen LogP contribution in [0.25, 0.3) is 11.1 Å². The van der Waals surface area contributed by atoms with Crippen molar-refractivity contribution in [3.8, 4) is 11.1 Å². The maximum absolute atomic E-state index is 12.9. The zero-order chi connectivity index (χ0) is 15.4. The van der Waals surface area contributed by atoms with E-state index in [2.05, 4.69) is 9.97 Å². The highest BCUT2D eigenvalue weighted by molar-refractivity contribution is 5.62. The van der Waals surface area contributed by atoms with Crippen molar-refractivity contribution in [2.75, 3.05) is 0 Å². The van der Waals surface area contributed by atoms with Gasteiger partial charge in [-0.25, -0.2) is 4.39 Å². The van der Waals surface area contributed by atoms with Crippen molar-refractivity contribution in [2.24, 2.45) is 0 Å². The van der Waals surface area contributed by atoms with Gasteiger partial charge in [-0.15, -0.1) is 0 Å². The number of aromatic nitrogens is 2. The highest BCUT2D eigenvalue weighted by Gasteiger charge is 2.10. The van der Waals surface area contributed by atoms with Crippen LogP contribution in [0.4, 0.5) is 4.39 Å². The van der Waals surface area contributed by atoms with Crippen LogP contribution in [-0.2, 0) is 6.42 Å². The summed E-state index contributed by atoms with van der Waals surface area (Å²) in [6.07, 6.45) is 4.92. The summed E-state index contributed by atoms with van der Waals surface area (Å²) in [4.78, 5) is 8.27. The topological polar surface area (TPSA) is 46.0 Å². The molecular formula is C18H15FN2O. The molecule has 0 spiro atoms. The number of hydrogen-bond donors (Lipinski definition) is 1. The Hall–Kier alpha value is -2.59. The quantitative estimate of drug-likeness (QED) is 0.800. The second-order valence-corrected chi connectivity index (χ2v) is 5.05. The second kappa shape index (κ2) is 6.45. The van der Waals surface area contributed by atoms with E-state index in [1.54, 1.807) is 36.8 Å². The van der Waals surface area contributed by atoms with Crippen molar-refractivity contribution < 1.29 is 9.50 Å². The summed E-state index contributed by atoms with van der Waals surface area (Å²) in [6, 6.07) is 13.7. The van der Waals surface area contributed by atoms with Gasteiger partial charge in [-0.2, -0.15) is 0 Å². The SMILES string of the molecule is OC(Cc1ccncc1)c1ccc(-c2ccc(F)cc2)cn1. The van der Waals surface area contributed by atoms with Gasteiger partial charge in [0.1, 0.15) is 5.82 Å². The maximum atomic E-state index is 12.9. The van der Waals surface area contributed by atoms with Crippen LogP contribution in [-0.4, -0.2) is 15.1 Å². The Morgan fingerprint density at radius 1 is 0.909 bits per heavy atom. The van der Waals surface area contributed by atoms with E-state index in [0.717, 1.165) is 16.7 Å². The van der Waals surface area contributed by atoms with Crippen LogP contribution >= 0.6 is 0 Å². The van der Waals surface area contributed by atoms with Crippen molar-refractivity contribution in [3.63, 3.8) is 0 Å². The lowest BCUT2D eigenvalue weighted by atomic mass is 10.0. The van der Waals surface area contributed by atoms with Gasteiger partial charge in [-0.1, -0.05) is 18.2 Å². The molecule has 1 N–H and O–H groups in total. The lowest BCUT2D eigenvalue weighted by Gasteiger charge is -2.11. The number of benzene rings is 1. The van der Waals surface area contributed by atoms with E-state index in [0.29, 0.717) is 12.1 Å². The third kappa shape index (κ3) is 3.35. The highest BCUT2D eigenvalue weighted by Crippen LogP contribution is 2.22. The lowest BCUT2D eigenvalue weighted by Crippen LogP contribution is -2.04. The fourth-order valence-electron chi connectivity index (χ4n) is 2.26. The fraction of sp³-hybridized carbons (Fsp3) is 0.111. The standard InChI is InChI=1S/C18H15FN2O/c19-16-4-1-14(2-5-16)15-3-6-17(21-12-15)18(22)11-13-7-9-20-10-8-13/h1-10,12,18,22H,11H2. The minimum atomic E-state index is -0.662. The smallest absolute Gasteiger partial charge is 0.123 e. The Morgan fingerprint density at radius 3 is 2.23 bits per heavy atom. The summed E-state index contributed by atoms with van der Waals surface area (Å²) >= 11 is 0. The van der Waals surface area contributed by atoms with E-state index in [4.69, 9.17) is 0 Å². The third-order valence-electron chi connectivity index (χ3n) is 3.48. The molecule has 0 aliphatic heterocycles. The first-order valence-corrected chi connectivity index (χ1v) is 7.01. The van der Waals surface area contributed by atoms with Gasteiger partial charge in [-0.3, -0.25) is 9.97 Å². The third-order valence-corrected chi connectivity index (χ3v) is 3.48. The molecule has 2 heterocycles. The van der Waals surface area contributed by atoms with Crippen LogP contribution in [0.2, 0.25) is 0 Å². The van der Waals surface area contributed by atoms with Crippen LogP contribution in [0.1, 0.15) is 17.4 Å². The monoisotopic (exact) mass is 294 g/mol. The number of aliphatic hydroxyl groups is 1. The molecule has 0 saturated carbocycles. The molecule has 1 atom stereocenters. The van der Waals surface area contributed by atoms with E-state index >= 15 is 0 Å². The molecule has 3 nitrogen and oxygen atoms in total. The normalized spacial score (nSPS) is 12.1. The number of nitrogens with zero attached hydrogens (tertiary/aromatic N) is 2. The predicted octanol–water partition coefficient (Wildman–Crippen LogP) is 3.56. The summed E-state index contributed by atoms with van der Waals surface area (Å²) < 4.78 is 12.9. The van der Waals surface area contributed by atoms with Crippen molar-refractivity contribution in [1.82, 2.24) is 9.97 Å². The maximum Gasteiger partial charge on any atom is 0.123 e. The number of pyridine rings is 2. The van der Waals surface area contributed by atoms with Crippen molar-refractivity contribution >= 4 is 0 Å². The fourth-order valence-corrected chi connectivity index (χ4v) is 2.26. The highest BCUT2D eigenvalue weighted by atomic mass is 19.1. The molecule has 110 valence electrons. The second-order valence-electron chi connectivity index (χ2n) is 5.05. The summed E-state index contributed by atoms with van der Waals surface area (Å²) in [5, 5.41) is 10.2. The van der Waals surface area contributed by atoms with Crippen molar-refractivity contribution in [3.05, 3.63) is 84.2 Å². The first-order chi connectivity index (χ1) is 10.7. The van der Waals surface area contributed by atoms with Gasteiger partial charge in [0.2, 0.25) is 0 Å². The van der Waals surface area contributed by atoms with Crippen LogP contribution < -0.4 is 0 Å². The Balaban J connectivity index is 1.75. The average molecular weight is 294 g/mol. The molecule has 0 aliphatic rings. The van der Waals surface area contributed by atoms with Gasteiger partial charge in [-0.05, 0) is 41.5 Å². The van der Waals surface area contributed by atoms with E-state index in [1.165, 1.54) is 12.1 Å². The Kier molecular flexibility index (Phi) is 4.21. The molecule has 2 aromatic heterocycles. The van der Waals surface area contributed by atoms with Gasteiger partial charge < -0.3 is 5.11 Å². The van der Waals surface area contributed by atoms with Gasteiger partial charge in [0, 0.05) is 30.6 Å². The minimum absolute atomic E-state index is 0.263. The van der Waals surface area contributed by atoms with Crippen molar-refractivity contribution in [1.29, 1.82) is 0 Å². The zero-order valence-electron chi connectivity index (χ0n) is 11.9. The Bertz CT molecular complexity index is 727. The number of halogens is 1. The molecule has 1 unspecified atom stereocenters. The van der Waals surface area contributed by atoms with Gasteiger partial charge in [0.25, 0.3) is 0 Å². The largest absolute Gasteiger partial charge is 0.386 e. The van der Waals surface area contributed by atoms with Crippen LogP contribution in [0.15, 0.2) is 67.1 Å². The van der Waals surface area contributed by atoms with Gasteiger partial charge in [0.05, 0.1) is 11.8 Å². The summed E-state index contributed by atoms with van der Waals surface area (Å²) in [5.41, 5.74) is 3.40. The molecule has 0 fully saturated rings. The van der Waals surface area contributed by atoms with E-state index in [1.807, 2.05) is 18.2 Å². The number of rotatable bonds is 4. The molecule has 0 bridgehead atoms. The van der Waals surface area contributed by atoms with Gasteiger partial charge >= 0.3 is 0 Å². The molecular weight excluding hydrogens is 279 g/mol. The minimum Gasteiger partial charge on any atom is -0.386 e. The molecule has 4 heteroatoms. The molecule has 0 aliphatic carbocycles. The molecule has 3 aromatic rings. The van der Waals surface area contributed by atoms with Crippen LogP contribution in [0, 0.1) is 5.82 Å². The molecule has 22 heavy (non-hydrogen) atoms. The first-order valence-electron chi connectivity index (χ1n) is 7.01. The lowest BCUT2D eigenvalue weighted by molar-refractivity contribution is 0.173. The summed E-state index contributed by atoms with van der Waals surface area (Å²) in [6.45, 7) is 0. The number of hydrogen-bond acceptors (Lipinski definition) is 3. The average Bonchev–Trinajstić information content (AvgIpc) is 2.57. The molecule has 0 radical (unpaired) electrons. The zero-order valence-corrected chi connectivity index (χ0v) is 11.9.